The van der Waals surface area contributed by atoms with Crippen molar-refractivity contribution in [2.75, 3.05) is 0 Å². The van der Waals surface area contributed by atoms with Gasteiger partial charge in [-0.1, -0.05) is 25.0 Å². The summed E-state index contributed by atoms with van der Waals surface area (Å²) in [5.41, 5.74) is 2.46. The summed E-state index contributed by atoms with van der Waals surface area (Å²) in [4.78, 5) is 11.8. The van der Waals surface area contributed by atoms with Gasteiger partial charge in [-0.25, -0.2) is 4.68 Å². The first-order valence-corrected chi connectivity index (χ1v) is 8.99. The molecule has 1 heterocycles. The summed E-state index contributed by atoms with van der Waals surface area (Å²) in [6, 6.07) is 7.95. The Hall–Kier alpha value is -1.62. The number of benzene rings is 1. The molecule has 4 nitrogen and oxygen atoms in total. The van der Waals surface area contributed by atoms with Gasteiger partial charge in [-0.2, -0.15) is 5.10 Å². The molecule has 2 saturated carbocycles. The van der Waals surface area contributed by atoms with Crippen molar-refractivity contribution in [2.45, 2.75) is 49.9 Å². The molecule has 0 bridgehead atoms. The number of hydrogen-bond donors (Lipinski definition) is 1. The van der Waals surface area contributed by atoms with E-state index in [2.05, 4.69) is 21.0 Å². The quantitative estimate of drug-likeness (QED) is 0.861. The van der Waals surface area contributed by atoms with Crippen molar-refractivity contribution in [3.05, 3.63) is 46.2 Å². The minimum Gasteiger partial charge on any atom is -0.481 e. The van der Waals surface area contributed by atoms with Gasteiger partial charge in [0, 0.05) is 5.92 Å². The molecule has 0 aliphatic heterocycles. The van der Waals surface area contributed by atoms with Gasteiger partial charge in [-0.05, 0) is 59.3 Å². The standard InChI is InChI=1S/C18H19BrN2O2/c19-15-11-20-21(16(15)12-3-4-12)14-7-5-13(6-8-14)18(17(22)23)9-1-2-10-18/h5-8,11-12H,1-4,9-10H2,(H,22,23). The average molecular weight is 375 g/mol. The lowest BCUT2D eigenvalue weighted by molar-refractivity contribution is -0.143. The molecule has 4 rings (SSSR count). The number of halogens is 1. The predicted molar refractivity (Wildman–Crippen MR) is 91.0 cm³/mol. The van der Waals surface area contributed by atoms with Crippen LogP contribution in [0.2, 0.25) is 0 Å². The van der Waals surface area contributed by atoms with Gasteiger partial charge in [-0.15, -0.1) is 0 Å². The van der Waals surface area contributed by atoms with Crippen LogP contribution in [-0.4, -0.2) is 20.9 Å². The Balaban J connectivity index is 1.70. The van der Waals surface area contributed by atoms with Gasteiger partial charge in [0.15, 0.2) is 0 Å². The zero-order valence-electron chi connectivity index (χ0n) is 12.8. The summed E-state index contributed by atoms with van der Waals surface area (Å²) >= 11 is 3.59. The molecule has 0 radical (unpaired) electrons. The fraction of sp³-hybridized carbons (Fsp3) is 0.444. The highest BCUT2D eigenvalue weighted by Crippen LogP contribution is 2.44. The normalized spacial score (nSPS) is 19.9. The topological polar surface area (TPSA) is 55.1 Å². The van der Waals surface area contributed by atoms with E-state index in [1.807, 2.05) is 35.1 Å². The second-order valence-electron chi connectivity index (χ2n) is 6.71. The first-order valence-electron chi connectivity index (χ1n) is 8.19. The number of carboxylic acid groups (broad SMARTS) is 1. The number of carboxylic acids is 1. The molecule has 0 atom stereocenters. The molecule has 2 fully saturated rings. The van der Waals surface area contributed by atoms with Crippen LogP contribution in [0.3, 0.4) is 0 Å². The maximum absolute atomic E-state index is 11.8. The second-order valence-corrected chi connectivity index (χ2v) is 7.56. The molecule has 1 N–H and O–H groups in total. The van der Waals surface area contributed by atoms with E-state index in [1.165, 1.54) is 18.5 Å². The summed E-state index contributed by atoms with van der Waals surface area (Å²) in [5.74, 6) is -0.102. The van der Waals surface area contributed by atoms with Crippen molar-refractivity contribution in [2.24, 2.45) is 0 Å². The van der Waals surface area contributed by atoms with Gasteiger partial charge in [-0.3, -0.25) is 4.79 Å². The molecular weight excluding hydrogens is 356 g/mol. The molecule has 2 aliphatic rings. The Bertz CT molecular complexity index is 741. The summed E-state index contributed by atoms with van der Waals surface area (Å²) in [6.45, 7) is 0. The third kappa shape index (κ3) is 2.42. The maximum Gasteiger partial charge on any atom is 0.314 e. The molecule has 120 valence electrons. The molecule has 0 amide bonds. The number of rotatable bonds is 4. The van der Waals surface area contributed by atoms with Crippen molar-refractivity contribution in [3.8, 4) is 5.69 Å². The lowest BCUT2D eigenvalue weighted by Gasteiger charge is -2.24. The Kier molecular flexibility index (Phi) is 3.56. The van der Waals surface area contributed by atoms with Crippen LogP contribution in [0, 0.1) is 0 Å². The van der Waals surface area contributed by atoms with E-state index in [9.17, 15) is 9.90 Å². The third-order valence-electron chi connectivity index (χ3n) is 5.25. The highest BCUT2D eigenvalue weighted by Gasteiger charge is 2.42. The number of aromatic nitrogens is 2. The van der Waals surface area contributed by atoms with Gasteiger partial charge in [0.1, 0.15) is 0 Å². The summed E-state index contributed by atoms with van der Waals surface area (Å²) in [7, 11) is 0. The molecule has 2 aromatic rings. The number of carbonyl (C=O) groups is 1. The molecule has 2 aliphatic carbocycles. The molecule has 23 heavy (non-hydrogen) atoms. The summed E-state index contributed by atoms with van der Waals surface area (Å²) in [5, 5.41) is 14.2. The van der Waals surface area contributed by atoms with Crippen LogP contribution < -0.4 is 0 Å². The van der Waals surface area contributed by atoms with Gasteiger partial charge >= 0.3 is 5.97 Å². The van der Waals surface area contributed by atoms with E-state index in [-0.39, 0.29) is 0 Å². The number of nitrogens with zero attached hydrogens (tertiary/aromatic N) is 2. The molecule has 0 unspecified atom stereocenters. The summed E-state index contributed by atoms with van der Waals surface area (Å²) in [6.07, 6.45) is 7.73. The predicted octanol–water partition coefficient (Wildman–Crippen LogP) is 4.41. The molecular formula is C18H19BrN2O2. The molecule has 5 heteroatoms. The van der Waals surface area contributed by atoms with E-state index in [1.54, 1.807) is 0 Å². The van der Waals surface area contributed by atoms with Crippen LogP contribution in [0.1, 0.15) is 55.7 Å². The zero-order chi connectivity index (χ0) is 16.0. The van der Waals surface area contributed by atoms with Crippen LogP contribution in [0.15, 0.2) is 34.9 Å². The minimum absolute atomic E-state index is 0.590. The molecule has 1 aromatic heterocycles. The Labute approximate surface area is 143 Å². The Morgan fingerprint density at radius 2 is 1.87 bits per heavy atom. The molecule has 0 spiro atoms. The smallest absolute Gasteiger partial charge is 0.314 e. The van der Waals surface area contributed by atoms with Crippen molar-refractivity contribution >= 4 is 21.9 Å². The fourth-order valence-electron chi connectivity index (χ4n) is 3.79. The Morgan fingerprint density at radius 3 is 2.43 bits per heavy atom. The zero-order valence-corrected chi connectivity index (χ0v) is 14.4. The van der Waals surface area contributed by atoms with Gasteiger partial charge in [0.25, 0.3) is 0 Å². The van der Waals surface area contributed by atoms with Crippen LogP contribution in [-0.2, 0) is 10.2 Å². The second kappa shape index (κ2) is 5.48. The highest BCUT2D eigenvalue weighted by atomic mass is 79.9. The van der Waals surface area contributed by atoms with Crippen LogP contribution in [0.4, 0.5) is 0 Å². The largest absolute Gasteiger partial charge is 0.481 e. The van der Waals surface area contributed by atoms with Gasteiger partial charge in [0.05, 0.1) is 27.5 Å². The number of hydrogen-bond acceptors (Lipinski definition) is 2. The SMILES string of the molecule is O=C(O)C1(c2ccc(-n3ncc(Br)c3C3CC3)cc2)CCCC1. The van der Waals surface area contributed by atoms with E-state index >= 15 is 0 Å². The summed E-state index contributed by atoms with van der Waals surface area (Å²) < 4.78 is 3.04. The van der Waals surface area contributed by atoms with Crippen LogP contribution in [0.5, 0.6) is 0 Å². The average Bonchev–Trinajstić information content (AvgIpc) is 3.11. The van der Waals surface area contributed by atoms with Crippen molar-refractivity contribution in [3.63, 3.8) is 0 Å². The third-order valence-corrected chi connectivity index (χ3v) is 5.87. The minimum atomic E-state index is -0.692. The van der Waals surface area contributed by atoms with Gasteiger partial charge in [0.2, 0.25) is 0 Å². The lowest BCUT2D eigenvalue weighted by atomic mass is 9.79. The van der Waals surface area contributed by atoms with Crippen LogP contribution >= 0.6 is 15.9 Å². The van der Waals surface area contributed by atoms with E-state index in [0.29, 0.717) is 5.92 Å². The first-order chi connectivity index (χ1) is 11.1. The van der Waals surface area contributed by atoms with Crippen LogP contribution in [0.25, 0.3) is 5.69 Å². The van der Waals surface area contributed by atoms with Crippen molar-refractivity contribution < 1.29 is 9.90 Å². The maximum atomic E-state index is 11.8. The van der Waals surface area contributed by atoms with Crippen molar-refractivity contribution in [1.29, 1.82) is 0 Å². The fourth-order valence-corrected chi connectivity index (χ4v) is 4.38. The van der Waals surface area contributed by atoms with Gasteiger partial charge < -0.3 is 5.11 Å². The lowest BCUT2D eigenvalue weighted by Crippen LogP contribution is -2.32. The highest BCUT2D eigenvalue weighted by molar-refractivity contribution is 9.10. The van der Waals surface area contributed by atoms with E-state index < -0.39 is 11.4 Å². The Morgan fingerprint density at radius 1 is 1.22 bits per heavy atom. The first kappa shape index (κ1) is 14.9. The molecule has 1 aromatic carbocycles. The number of aliphatic carboxylic acids is 1. The molecule has 0 saturated heterocycles. The van der Waals surface area contributed by atoms with Crippen molar-refractivity contribution in [1.82, 2.24) is 9.78 Å². The monoisotopic (exact) mass is 374 g/mol. The van der Waals surface area contributed by atoms with E-state index in [4.69, 9.17) is 0 Å². The van der Waals surface area contributed by atoms with E-state index in [0.717, 1.165) is 41.4 Å².